The number of alkyl halides is 2. The van der Waals surface area contributed by atoms with Crippen molar-refractivity contribution >= 4 is 63.8 Å². The number of aromatic carboxylic acids is 2. The van der Waals surface area contributed by atoms with Gasteiger partial charge in [0.25, 0.3) is 5.91 Å². The molecule has 1 fully saturated rings. The molecule has 0 bridgehead atoms. The fraction of sp³-hybridized carbons (Fsp3) is 0.174. The van der Waals surface area contributed by atoms with Crippen LogP contribution in [-0.4, -0.2) is 56.3 Å². The first kappa shape index (κ1) is 26.8. The molecule has 1 aliphatic rings. The number of carbonyl (C=O) groups is 4. The molecule has 1 aliphatic heterocycles. The average Bonchev–Trinajstić information content (AvgIpc) is 3.07. The molecule has 2 aromatic carbocycles. The number of hydrogen-bond acceptors (Lipinski definition) is 7. The first-order chi connectivity index (χ1) is 17.0. The van der Waals surface area contributed by atoms with Crippen LogP contribution < -0.4 is 10.1 Å². The monoisotopic (exact) mass is 536 g/mol. The smallest absolute Gasteiger partial charge is 0.387 e. The van der Waals surface area contributed by atoms with Crippen molar-refractivity contribution in [2.24, 2.45) is 0 Å². The Bertz CT molecular complexity index is 1230. The summed E-state index contributed by atoms with van der Waals surface area (Å²) >= 11 is 6.23. The minimum Gasteiger partial charge on any atom is -0.478 e. The van der Waals surface area contributed by atoms with Gasteiger partial charge in [0.2, 0.25) is 5.91 Å². The van der Waals surface area contributed by atoms with Crippen LogP contribution in [-0.2, 0) is 9.59 Å². The standard InChI is InChI=1S/C23H18F2N2O7S2/c24-22(25)34-16-5-2-1-4-12(16)11-17-19(29)27(23(35)36-17)7-3-6-18(28)26-15-9-13(20(30)31)8-14(10-15)21(32)33/h1-2,4-5,8-11,22H,3,6-7H2,(H,26,28)(H,30,31)(H,32,33)/b17-11-. The topological polar surface area (TPSA) is 133 Å². The number of carboxylic acids is 2. The number of nitrogens with one attached hydrogen (secondary N) is 1. The Morgan fingerprint density at radius 3 is 2.36 bits per heavy atom. The number of thioether (sulfide) groups is 1. The summed E-state index contributed by atoms with van der Waals surface area (Å²) in [6.07, 6.45) is 1.53. The summed E-state index contributed by atoms with van der Waals surface area (Å²) in [5.41, 5.74) is -0.303. The van der Waals surface area contributed by atoms with E-state index in [1.807, 2.05) is 0 Å². The zero-order valence-electron chi connectivity index (χ0n) is 18.3. The van der Waals surface area contributed by atoms with E-state index in [0.29, 0.717) is 0 Å². The largest absolute Gasteiger partial charge is 0.478 e. The van der Waals surface area contributed by atoms with E-state index in [9.17, 15) is 28.0 Å². The highest BCUT2D eigenvalue weighted by Gasteiger charge is 2.32. The number of halogens is 2. The lowest BCUT2D eigenvalue weighted by Gasteiger charge is -2.14. The number of para-hydroxylation sites is 1. The molecule has 1 saturated heterocycles. The number of thiocarbonyl (C=S) groups is 1. The molecule has 0 aliphatic carbocycles. The molecule has 0 aromatic heterocycles. The van der Waals surface area contributed by atoms with Crippen molar-refractivity contribution in [3.8, 4) is 5.75 Å². The quantitative estimate of drug-likeness (QED) is 0.300. The minimum absolute atomic E-state index is 0.00975. The van der Waals surface area contributed by atoms with Crippen LogP contribution in [0.5, 0.6) is 5.75 Å². The Labute approximate surface area is 212 Å². The molecule has 0 atom stereocenters. The van der Waals surface area contributed by atoms with E-state index in [4.69, 9.17) is 22.4 Å². The van der Waals surface area contributed by atoms with Crippen LogP contribution in [0.15, 0.2) is 47.4 Å². The Morgan fingerprint density at radius 2 is 1.75 bits per heavy atom. The van der Waals surface area contributed by atoms with E-state index in [-0.39, 0.29) is 56.7 Å². The zero-order valence-corrected chi connectivity index (χ0v) is 19.9. The first-order valence-electron chi connectivity index (χ1n) is 10.3. The van der Waals surface area contributed by atoms with Gasteiger partial charge in [-0.2, -0.15) is 8.78 Å². The number of hydrogen-bond donors (Lipinski definition) is 3. The molecule has 36 heavy (non-hydrogen) atoms. The second-order valence-corrected chi connectivity index (χ2v) is 8.99. The van der Waals surface area contributed by atoms with Crippen molar-refractivity contribution in [1.82, 2.24) is 4.90 Å². The first-order valence-corrected chi connectivity index (χ1v) is 11.5. The molecule has 2 amide bonds. The molecule has 0 unspecified atom stereocenters. The number of benzene rings is 2. The summed E-state index contributed by atoms with van der Waals surface area (Å²) in [7, 11) is 0. The lowest BCUT2D eigenvalue weighted by molar-refractivity contribution is -0.122. The molecule has 9 nitrogen and oxygen atoms in total. The molecule has 13 heteroatoms. The number of amides is 2. The molecular formula is C23H18F2N2O7S2. The summed E-state index contributed by atoms with van der Waals surface area (Å²) < 4.78 is 30.0. The predicted molar refractivity (Wildman–Crippen MR) is 131 cm³/mol. The van der Waals surface area contributed by atoms with Crippen LogP contribution in [0, 0.1) is 0 Å². The van der Waals surface area contributed by atoms with Crippen LogP contribution in [0.2, 0.25) is 0 Å². The highest BCUT2D eigenvalue weighted by atomic mass is 32.2. The number of ether oxygens (including phenoxy) is 1. The van der Waals surface area contributed by atoms with Crippen LogP contribution in [0.4, 0.5) is 14.5 Å². The molecule has 3 rings (SSSR count). The van der Waals surface area contributed by atoms with Gasteiger partial charge in [0, 0.05) is 24.2 Å². The third-order valence-corrected chi connectivity index (χ3v) is 6.17. The summed E-state index contributed by atoms with van der Waals surface area (Å²) in [5.74, 6) is -3.75. The van der Waals surface area contributed by atoms with Gasteiger partial charge in [0.1, 0.15) is 10.1 Å². The molecule has 3 N–H and O–H groups in total. The molecule has 0 spiro atoms. The van der Waals surface area contributed by atoms with Gasteiger partial charge in [0.15, 0.2) is 0 Å². The predicted octanol–water partition coefficient (Wildman–Crippen LogP) is 4.30. The molecule has 188 valence electrons. The highest BCUT2D eigenvalue weighted by molar-refractivity contribution is 8.26. The van der Waals surface area contributed by atoms with Crippen LogP contribution in [0.3, 0.4) is 0 Å². The second kappa shape index (κ2) is 11.7. The van der Waals surface area contributed by atoms with Gasteiger partial charge in [-0.3, -0.25) is 14.5 Å². The zero-order chi connectivity index (χ0) is 26.4. The maximum atomic E-state index is 12.8. The van der Waals surface area contributed by atoms with Crippen molar-refractivity contribution in [3.05, 3.63) is 64.1 Å². The summed E-state index contributed by atoms with van der Waals surface area (Å²) in [4.78, 5) is 49.0. The van der Waals surface area contributed by atoms with Gasteiger partial charge in [-0.15, -0.1) is 0 Å². The summed E-state index contributed by atoms with van der Waals surface area (Å²) in [5, 5.41) is 20.7. The Kier molecular flexibility index (Phi) is 8.72. The molecule has 0 saturated carbocycles. The molecular weight excluding hydrogens is 518 g/mol. The van der Waals surface area contributed by atoms with E-state index in [2.05, 4.69) is 10.1 Å². The maximum absolute atomic E-state index is 12.8. The summed E-state index contributed by atoms with van der Waals surface area (Å²) in [6.45, 7) is -2.93. The Balaban J connectivity index is 1.61. The lowest BCUT2D eigenvalue weighted by Crippen LogP contribution is -2.29. The van der Waals surface area contributed by atoms with Gasteiger partial charge in [0.05, 0.1) is 16.0 Å². The van der Waals surface area contributed by atoms with Crippen molar-refractivity contribution in [2.75, 3.05) is 11.9 Å². The fourth-order valence-electron chi connectivity index (χ4n) is 3.21. The SMILES string of the molecule is O=C(CCCN1C(=O)/C(=C/c2ccccc2OC(F)F)SC1=S)Nc1cc(C(=O)O)cc(C(=O)O)c1. The van der Waals surface area contributed by atoms with Crippen LogP contribution in [0.1, 0.15) is 39.1 Å². The third-order valence-electron chi connectivity index (χ3n) is 4.79. The number of rotatable bonds is 10. The number of carbonyl (C=O) groups excluding carboxylic acids is 2. The third kappa shape index (κ3) is 6.86. The van der Waals surface area contributed by atoms with Gasteiger partial charge < -0.3 is 20.3 Å². The van der Waals surface area contributed by atoms with E-state index in [0.717, 1.165) is 30.0 Å². The number of anilines is 1. The van der Waals surface area contributed by atoms with Crippen LogP contribution >= 0.6 is 24.0 Å². The summed E-state index contributed by atoms with van der Waals surface area (Å²) in [6, 6.07) is 9.23. The molecule has 1 heterocycles. The lowest BCUT2D eigenvalue weighted by atomic mass is 10.1. The van der Waals surface area contributed by atoms with Crippen molar-refractivity contribution in [3.63, 3.8) is 0 Å². The molecule has 0 radical (unpaired) electrons. The highest BCUT2D eigenvalue weighted by Crippen LogP contribution is 2.34. The van der Waals surface area contributed by atoms with Crippen molar-refractivity contribution < 1.29 is 42.9 Å². The number of carboxylic acid groups (broad SMARTS) is 2. The van der Waals surface area contributed by atoms with Gasteiger partial charge >= 0.3 is 18.6 Å². The van der Waals surface area contributed by atoms with Gasteiger partial charge in [-0.1, -0.05) is 42.2 Å². The molecule has 2 aromatic rings. The Hall–Kier alpha value is -3.84. The van der Waals surface area contributed by atoms with E-state index in [1.165, 1.54) is 29.2 Å². The van der Waals surface area contributed by atoms with Crippen molar-refractivity contribution in [1.29, 1.82) is 0 Å². The average molecular weight is 537 g/mol. The van der Waals surface area contributed by atoms with Gasteiger partial charge in [-0.25, -0.2) is 9.59 Å². The van der Waals surface area contributed by atoms with E-state index in [1.54, 1.807) is 6.07 Å². The van der Waals surface area contributed by atoms with E-state index < -0.39 is 30.4 Å². The normalized spacial score (nSPS) is 14.4. The van der Waals surface area contributed by atoms with Gasteiger partial charge in [-0.05, 0) is 36.8 Å². The second-order valence-electron chi connectivity index (χ2n) is 7.31. The fourth-order valence-corrected chi connectivity index (χ4v) is 4.50. The van der Waals surface area contributed by atoms with Crippen molar-refractivity contribution in [2.45, 2.75) is 19.5 Å². The maximum Gasteiger partial charge on any atom is 0.387 e. The van der Waals surface area contributed by atoms with Crippen LogP contribution in [0.25, 0.3) is 6.08 Å². The number of nitrogens with zero attached hydrogens (tertiary/aromatic N) is 1. The minimum atomic E-state index is -3.03. The Morgan fingerprint density at radius 1 is 1.11 bits per heavy atom. The van der Waals surface area contributed by atoms with E-state index >= 15 is 0 Å².